The molecule has 0 bridgehead atoms. The Morgan fingerprint density at radius 3 is 2.46 bits per heavy atom. The van der Waals surface area contributed by atoms with Crippen LogP contribution in [0, 0.1) is 0 Å². The van der Waals surface area contributed by atoms with Crippen LogP contribution < -0.4 is 5.32 Å². The van der Waals surface area contributed by atoms with Crippen LogP contribution in [-0.4, -0.2) is 48.7 Å². The smallest absolute Gasteiger partial charge is 0.261 e. The number of hydrogen-bond donors (Lipinski definition) is 1. The maximum absolute atomic E-state index is 12.6. The van der Waals surface area contributed by atoms with Gasteiger partial charge in [0.05, 0.1) is 16.8 Å². The van der Waals surface area contributed by atoms with E-state index >= 15 is 0 Å². The maximum atomic E-state index is 12.6. The van der Waals surface area contributed by atoms with E-state index in [9.17, 15) is 19.2 Å². The molecule has 3 rings (SSSR count). The van der Waals surface area contributed by atoms with Crippen LogP contribution in [0.2, 0.25) is 0 Å². The fourth-order valence-corrected chi connectivity index (χ4v) is 3.10. The van der Waals surface area contributed by atoms with Gasteiger partial charge >= 0.3 is 0 Å². The number of para-hydroxylation sites is 1. The van der Waals surface area contributed by atoms with Gasteiger partial charge in [-0.3, -0.25) is 24.1 Å². The van der Waals surface area contributed by atoms with Crippen molar-refractivity contribution in [2.75, 3.05) is 25.6 Å². The first-order valence-electron chi connectivity index (χ1n) is 8.84. The summed E-state index contributed by atoms with van der Waals surface area (Å²) in [5.41, 5.74) is 1.51. The fraction of sp³-hybridized carbons (Fsp3) is 0.238. The van der Waals surface area contributed by atoms with Crippen LogP contribution in [0.1, 0.15) is 54.8 Å². The minimum atomic E-state index is -0.463. The molecule has 7 heteroatoms. The maximum Gasteiger partial charge on any atom is 0.261 e. The molecule has 0 fully saturated rings. The molecule has 1 aliphatic rings. The monoisotopic (exact) mass is 380 g/mol. The van der Waals surface area contributed by atoms with Gasteiger partial charge in [-0.05, 0) is 43.7 Å². The van der Waals surface area contributed by atoms with Crippen LogP contribution in [0.3, 0.4) is 0 Å². The third kappa shape index (κ3) is 3.70. The molecule has 1 aliphatic heterocycles. The molecule has 0 radical (unpaired) electrons. The average Bonchev–Trinajstić information content (AvgIpc) is 2.92. The van der Waals surface area contributed by atoms with Crippen LogP contribution in [-0.2, 0) is 4.74 Å². The summed E-state index contributed by atoms with van der Waals surface area (Å²) in [6.45, 7) is 2.12. The van der Waals surface area contributed by atoms with Crippen molar-refractivity contribution in [2.24, 2.45) is 0 Å². The lowest BCUT2D eigenvalue weighted by atomic mass is 10.0. The molecule has 2 aromatic rings. The molecule has 144 valence electrons. The van der Waals surface area contributed by atoms with E-state index in [1.165, 1.54) is 25.1 Å². The normalized spacial score (nSPS) is 12.9. The highest BCUT2D eigenvalue weighted by atomic mass is 16.5. The largest absolute Gasteiger partial charge is 0.385 e. The number of rotatable bonds is 7. The highest BCUT2D eigenvalue weighted by Gasteiger charge is 2.35. The minimum Gasteiger partial charge on any atom is -0.385 e. The van der Waals surface area contributed by atoms with Gasteiger partial charge in [0, 0.05) is 31.4 Å². The van der Waals surface area contributed by atoms with Gasteiger partial charge in [-0.2, -0.15) is 0 Å². The molecule has 1 N–H and O–H groups in total. The van der Waals surface area contributed by atoms with Crippen molar-refractivity contribution in [3.05, 3.63) is 64.7 Å². The van der Waals surface area contributed by atoms with Gasteiger partial charge in [-0.15, -0.1) is 0 Å². The number of nitrogens with zero attached hydrogens (tertiary/aromatic N) is 1. The Kier molecular flexibility index (Phi) is 5.65. The summed E-state index contributed by atoms with van der Waals surface area (Å²) >= 11 is 0. The SMILES string of the molecule is COCCCN1C(=O)c2ccc(C(=O)Nc3ccccc3C(C)=O)cc2C1=O. The number of ketones is 1. The Morgan fingerprint density at radius 2 is 1.75 bits per heavy atom. The number of nitrogens with one attached hydrogen (secondary N) is 1. The minimum absolute atomic E-state index is 0.169. The molecule has 2 aromatic carbocycles. The van der Waals surface area contributed by atoms with E-state index in [1.807, 2.05) is 0 Å². The predicted molar refractivity (Wildman–Crippen MR) is 103 cm³/mol. The van der Waals surface area contributed by atoms with Gasteiger partial charge in [-0.1, -0.05) is 12.1 Å². The Labute approximate surface area is 162 Å². The molecule has 0 atom stereocenters. The summed E-state index contributed by atoms with van der Waals surface area (Å²) in [6, 6.07) is 11.1. The van der Waals surface area contributed by atoms with Gasteiger partial charge in [0.25, 0.3) is 17.7 Å². The van der Waals surface area contributed by atoms with Crippen molar-refractivity contribution in [2.45, 2.75) is 13.3 Å². The highest BCUT2D eigenvalue weighted by Crippen LogP contribution is 2.25. The van der Waals surface area contributed by atoms with E-state index in [0.717, 1.165) is 4.90 Å². The number of imide groups is 1. The summed E-state index contributed by atoms with van der Waals surface area (Å²) in [5.74, 6) is -1.42. The Bertz CT molecular complexity index is 967. The van der Waals surface area contributed by atoms with E-state index in [0.29, 0.717) is 24.3 Å². The number of methoxy groups -OCH3 is 1. The number of Topliss-reactive ketones (excluding diaryl/α,β-unsaturated/α-hetero) is 1. The molecule has 3 amide bonds. The Balaban J connectivity index is 1.82. The fourth-order valence-electron chi connectivity index (χ4n) is 3.10. The molecule has 1 heterocycles. The molecule has 0 saturated heterocycles. The first-order chi connectivity index (χ1) is 13.4. The number of carbonyl (C=O) groups excluding carboxylic acids is 4. The number of amides is 3. The topological polar surface area (TPSA) is 92.8 Å². The Hall–Kier alpha value is -3.32. The molecule has 7 nitrogen and oxygen atoms in total. The van der Waals surface area contributed by atoms with E-state index in [2.05, 4.69) is 5.32 Å². The zero-order chi connectivity index (χ0) is 20.3. The number of carbonyl (C=O) groups is 4. The van der Waals surface area contributed by atoms with E-state index < -0.39 is 11.8 Å². The highest BCUT2D eigenvalue weighted by molar-refractivity contribution is 6.22. The molecule has 0 spiro atoms. The van der Waals surface area contributed by atoms with Gasteiger partial charge in [-0.25, -0.2) is 0 Å². The molecular weight excluding hydrogens is 360 g/mol. The van der Waals surface area contributed by atoms with Crippen LogP contribution in [0.25, 0.3) is 0 Å². The summed E-state index contributed by atoms with van der Waals surface area (Å²) in [4.78, 5) is 50.5. The molecule has 0 unspecified atom stereocenters. The number of ether oxygens (including phenoxy) is 1. The third-order valence-corrected chi connectivity index (χ3v) is 4.52. The van der Waals surface area contributed by atoms with E-state index in [4.69, 9.17) is 4.74 Å². The number of benzene rings is 2. The van der Waals surface area contributed by atoms with Crippen molar-refractivity contribution in [3.63, 3.8) is 0 Å². The van der Waals surface area contributed by atoms with Gasteiger partial charge < -0.3 is 10.1 Å². The quantitative estimate of drug-likeness (QED) is 0.453. The van der Waals surface area contributed by atoms with Crippen molar-refractivity contribution in [3.8, 4) is 0 Å². The Morgan fingerprint density at radius 1 is 1.04 bits per heavy atom. The van der Waals surface area contributed by atoms with E-state index in [-0.39, 0.29) is 34.9 Å². The van der Waals surface area contributed by atoms with Gasteiger partial charge in [0.15, 0.2) is 5.78 Å². The summed E-state index contributed by atoms with van der Waals surface area (Å²) in [6.07, 6.45) is 0.539. The van der Waals surface area contributed by atoms with Crippen molar-refractivity contribution < 1.29 is 23.9 Å². The van der Waals surface area contributed by atoms with E-state index in [1.54, 1.807) is 31.4 Å². The second kappa shape index (κ2) is 8.14. The molecule has 28 heavy (non-hydrogen) atoms. The lowest BCUT2D eigenvalue weighted by Crippen LogP contribution is -2.31. The average molecular weight is 380 g/mol. The second-order valence-electron chi connectivity index (χ2n) is 6.42. The lowest BCUT2D eigenvalue weighted by molar-refractivity contribution is 0.0638. The van der Waals surface area contributed by atoms with Crippen LogP contribution >= 0.6 is 0 Å². The van der Waals surface area contributed by atoms with Crippen molar-refractivity contribution >= 4 is 29.2 Å². The standard InChI is InChI=1S/C21H20N2O5/c1-13(24)15-6-3-4-7-18(15)22-19(25)14-8-9-16-17(12-14)21(27)23(20(16)26)10-5-11-28-2/h3-4,6-9,12H,5,10-11H2,1-2H3,(H,22,25). The summed E-state index contributed by atoms with van der Waals surface area (Å²) < 4.78 is 4.96. The third-order valence-electron chi connectivity index (χ3n) is 4.52. The molecule has 0 aliphatic carbocycles. The van der Waals surface area contributed by atoms with Gasteiger partial charge in [0.1, 0.15) is 0 Å². The zero-order valence-electron chi connectivity index (χ0n) is 15.7. The predicted octanol–water partition coefficient (Wildman–Crippen LogP) is 2.77. The summed E-state index contributed by atoms with van der Waals surface area (Å²) in [5, 5.41) is 2.69. The first-order valence-corrected chi connectivity index (χ1v) is 8.84. The lowest BCUT2D eigenvalue weighted by Gasteiger charge is -2.12. The van der Waals surface area contributed by atoms with Crippen molar-refractivity contribution in [1.82, 2.24) is 4.90 Å². The summed E-state index contributed by atoms with van der Waals surface area (Å²) in [7, 11) is 1.55. The van der Waals surface area contributed by atoms with Crippen LogP contribution in [0.4, 0.5) is 5.69 Å². The number of anilines is 1. The molecule has 0 aromatic heterocycles. The molecular formula is C21H20N2O5. The molecule has 0 saturated carbocycles. The van der Waals surface area contributed by atoms with Crippen LogP contribution in [0.15, 0.2) is 42.5 Å². The number of fused-ring (bicyclic) bond motifs is 1. The zero-order valence-corrected chi connectivity index (χ0v) is 15.7. The number of hydrogen-bond acceptors (Lipinski definition) is 5. The van der Waals surface area contributed by atoms with Crippen LogP contribution in [0.5, 0.6) is 0 Å². The second-order valence-corrected chi connectivity index (χ2v) is 6.42. The van der Waals surface area contributed by atoms with Gasteiger partial charge in [0.2, 0.25) is 0 Å². The first kappa shape index (κ1) is 19.4. The van der Waals surface area contributed by atoms with Crippen molar-refractivity contribution in [1.29, 1.82) is 0 Å².